The Balaban J connectivity index is 0.00000105. The highest BCUT2D eigenvalue weighted by atomic mass is 35.5. The van der Waals surface area contributed by atoms with E-state index in [1.807, 2.05) is 12.1 Å². The molecule has 2 aromatic heterocycles. The number of fused-ring (bicyclic) bond motifs is 4. The van der Waals surface area contributed by atoms with Gasteiger partial charge in [0, 0.05) is 24.5 Å². The number of ether oxygens (including phenoxy) is 1. The van der Waals surface area contributed by atoms with Crippen LogP contribution in [0.5, 0.6) is 6.01 Å². The third-order valence-electron chi connectivity index (χ3n) is 5.23. The van der Waals surface area contributed by atoms with Gasteiger partial charge in [-0.3, -0.25) is 9.88 Å². The van der Waals surface area contributed by atoms with Crippen LogP contribution in [0.4, 0.5) is 0 Å². The summed E-state index contributed by atoms with van der Waals surface area (Å²) < 4.78 is 11.0. The van der Waals surface area contributed by atoms with E-state index in [0.29, 0.717) is 23.0 Å². The first kappa shape index (κ1) is 19.7. The average Bonchev–Trinajstić information content (AvgIpc) is 3.02. The molecule has 144 valence electrons. The van der Waals surface area contributed by atoms with E-state index in [1.165, 1.54) is 25.9 Å². The summed E-state index contributed by atoms with van der Waals surface area (Å²) in [5, 5.41) is 0. The quantitative estimate of drug-likeness (QED) is 0.714. The normalized spacial score (nSPS) is 23.5. The second-order valence-corrected chi connectivity index (χ2v) is 6.77. The Morgan fingerprint density at radius 3 is 2.52 bits per heavy atom. The van der Waals surface area contributed by atoms with Gasteiger partial charge in [0.1, 0.15) is 6.10 Å². The Morgan fingerprint density at radius 1 is 1.11 bits per heavy atom. The summed E-state index contributed by atoms with van der Waals surface area (Å²) in [6.45, 7) is 3.34. The first-order chi connectivity index (χ1) is 12.2. The highest BCUT2D eigenvalue weighted by molar-refractivity contribution is 5.85. The molecule has 3 aliphatic rings. The molecule has 1 aromatic carbocycles. The summed E-state index contributed by atoms with van der Waals surface area (Å²) in [6, 6.07) is 5.93. The molecule has 3 aromatic rings. The van der Waals surface area contributed by atoms with Gasteiger partial charge in [-0.2, -0.15) is 0 Å². The van der Waals surface area contributed by atoms with E-state index < -0.39 is 5.76 Å². The maximum Gasteiger partial charge on any atom is 0.417 e. The molecule has 0 unspecified atom stereocenters. The van der Waals surface area contributed by atoms with Gasteiger partial charge in [0.2, 0.25) is 0 Å². The number of nitrogens with zero attached hydrogens (tertiary/aromatic N) is 3. The van der Waals surface area contributed by atoms with E-state index in [9.17, 15) is 4.79 Å². The van der Waals surface area contributed by atoms with Crippen LogP contribution in [0.1, 0.15) is 12.8 Å². The number of rotatable bonds is 3. The maximum atomic E-state index is 11.3. The Hall–Kier alpha value is -2.09. The second-order valence-electron chi connectivity index (χ2n) is 6.77. The first-order valence-corrected chi connectivity index (χ1v) is 8.59. The van der Waals surface area contributed by atoms with Gasteiger partial charge < -0.3 is 9.15 Å². The number of hydrogen-bond donors (Lipinski definition) is 1. The molecule has 1 N–H and O–H groups in total. The molecule has 0 amide bonds. The van der Waals surface area contributed by atoms with Crippen LogP contribution in [0.3, 0.4) is 0 Å². The lowest BCUT2D eigenvalue weighted by atomic mass is 9.86. The van der Waals surface area contributed by atoms with Crippen LogP contribution < -0.4 is 10.5 Å². The van der Waals surface area contributed by atoms with Crippen molar-refractivity contribution >= 4 is 35.9 Å². The van der Waals surface area contributed by atoms with Crippen molar-refractivity contribution in [1.82, 2.24) is 19.9 Å². The monoisotopic (exact) mass is 410 g/mol. The standard InChI is InChI=1S/C18H18N4O3.2ClH/c23-18-21-14-7-12(1-2-15(14)25-18)13-8-19-17(20-9-13)24-16-10-22-5-3-11(16)4-6-22;;/h1-2,7-9,11,16H,3-6,10H2,(H,21,23);2*1H/t16-;;/m0../s1. The predicted molar refractivity (Wildman–Crippen MR) is 106 cm³/mol. The fourth-order valence-corrected chi connectivity index (χ4v) is 3.84. The number of piperidine rings is 3. The highest BCUT2D eigenvalue weighted by Crippen LogP contribution is 2.30. The van der Waals surface area contributed by atoms with Gasteiger partial charge in [-0.05, 0) is 49.5 Å². The molecule has 0 aliphatic carbocycles. The van der Waals surface area contributed by atoms with Crippen molar-refractivity contribution in [1.29, 1.82) is 0 Å². The van der Waals surface area contributed by atoms with Gasteiger partial charge in [-0.25, -0.2) is 14.8 Å². The molecule has 5 heterocycles. The third kappa shape index (κ3) is 3.81. The van der Waals surface area contributed by atoms with E-state index in [0.717, 1.165) is 17.7 Å². The lowest BCUT2D eigenvalue weighted by Gasteiger charge is -2.43. The molecule has 0 radical (unpaired) electrons. The Bertz CT molecular complexity index is 965. The van der Waals surface area contributed by atoms with Gasteiger partial charge in [0.05, 0.1) is 5.52 Å². The highest BCUT2D eigenvalue weighted by Gasteiger charge is 2.35. The second kappa shape index (κ2) is 7.88. The SMILES string of the molecule is Cl.Cl.O=c1[nH]c2cc(-c3cnc(O[C@H]4CN5CCC4CC5)nc3)ccc2o1. The van der Waals surface area contributed by atoms with E-state index in [-0.39, 0.29) is 30.9 Å². The summed E-state index contributed by atoms with van der Waals surface area (Å²) in [7, 11) is 0. The van der Waals surface area contributed by atoms with Crippen molar-refractivity contribution in [3.05, 3.63) is 41.1 Å². The molecule has 0 saturated carbocycles. The minimum atomic E-state index is -0.454. The number of aromatic amines is 1. The van der Waals surface area contributed by atoms with Gasteiger partial charge in [-0.15, -0.1) is 24.8 Å². The summed E-state index contributed by atoms with van der Waals surface area (Å²) in [5.41, 5.74) is 2.98. The Kier molecular flexibility index (Phi) is 5.74. The fraction of sp³-hybridized carbons (Fsp3) is 0.389. The third-order valence-corrected chi connectivity index (χ3v) is 5.23. The van der Waals surface area contributed by atoms with Gasteiger partial charge in [-0.1, -0.05) is 6.07 Å². The smallest absolute Gasteiger partial charge is 0.417 e. The van der Waals surface area contributed by atoms with Crippen LogP contribution in [0, 0.1) is 5.92 Å². The molecule has 0 spiro atoms. The minimum absolute atomic E-state index is 0. The maximum absolute atomic E-state index is 11.3. The fourth-order valence-electron chi connectivity index (χ4n) is 3.84. The molecule has 2 bridgehead atoms. The summed E-state index contributed by atoms with van der Waals surface area (Å²) in [4.78, 5) is 25.1. The van der Waals surface area contributed by atoms with Crippen molar-refractivity contribution in [2.24, 2.45) is 5.92 Å². The largest absolute Gasteiger partial charge is 0.458 e. The Labute approximate surface area is 168 Å². The molecule has 6 rings (SSSR count). The zero-order chi connectivity index (χ0) is 16.8. The Morgan fingerprint density at radius 2 is 1.85 bits per heavy atom. The number of oxazole rings is 1. The van der Waals surface area contributed by atoms with Crippen molar-refractivity contribution in [2.45, 2.75) is 18.9 Å². The van der Waals surface area contributed by atoms with Crippen molar-refractivity contribution in [3.63, 3.8) is 0 Å². The van der Waals surface area contributed by atoms with Gasteiger partial charge in [0.25, 0.3) is 0 Å². The van der Waals surface area contributed by atoms with Crippen LogP contribution in [-0.2, 0) is 0 Å². The summed E-state index contributed by atoms with van der Waals surface area (Å²) in [6.07, 6.45) is 6.10. The van der Waals surface area contributed by atoms with Gasteiger partial charge in [0.15, 0.2) is 5.58 Å². The molecular formula is C18H20Cl2N4O3. The van der Waals surface area contributed by atoms with Crippen molar-refractivity contribution < 1.29 is 9.15 Å². The van der Waals surface area contributed by atoms with E-state index in [2.05, 4.69) is 19.9 Å². The zero-order valence-electron chi connectivity index (χ0n) is 14.5. The van der Waals surface area contributed by atoms with Crippen LogP contribution in [0.2, 0.25) is 0 Å². The lowest BCUT2D eigenvalue weighted by molar-refractivity contribution is -0.0123. The van der Waals surface area contributed by atoms with E-state index >= 15 is 0 Å². The van der Waals surface area contributed by atoms with Crippen molar-refractivity contribution in [2.75, 3.05) is 19.6 Å². The lowest BCUT2D eigenvalue weighted by Crippen LogP contribution is -2.52. The summed E-state index contributed by atoms with van der Waals surface area (Å²) in [5.74, 6) is 0.165. The number of halogens is 2. The molecular weight excluding hydrogens is 391 g/mol. The van der Waals surface area contributed by atoms with E-state index in [1.54, 1.807) is 18.5 Å². The minimum Gasteiger partial charge on any atom is -0.458 e. The molecule has 27 heavy (non-hydrogen) atoms. The zero-order valence-corrected chi connectivity index (χ0v) is 16.1. The molecule has 1 atom stereocenters. The molecule has 3 aliphatic heterocycles. The molecule has 3 fully saturated rings. The predicted octanol–water partition coefficient (Wildman–Crippen LogP) is 2.89. The van der Waals surface area contributed by atoms with E-state index in [4.69, 9.17) is 9.15 Å². The van der Waals surface area contributed by atoms with Crippen LogP contribution in [0.15, 0.2) is 39.8 Å². The molecule has 9 heteroatoms. The molecule has 3 saturated heterocycles. The first-order valence-electron chi connectivity index (χ1n) is 8.59. The number of benzene rings is 1. The van der Waals surface area contributed by atoms with Crippen molar-refractivity contribution in [3.8, 4) is 17.1 Å². The number of hydrogen-bond acceptors (Lipinski definition) is 6. The van der Waals surface area contributed by atoms with Crippen LogP contribution >= 0.6 is 24.8 Å². The van der Waals surface area contributed by atoms with Crippen LogP contribution in [0.25, 0.3) is 22.2 Å². The number of aromatic nitrogens is 3. The average molecular weight is 411 g/mol. The summed E-state index contributed by atoms with van der Waals surface area (Å²) >= 11 is 0. The topological polar surface area (TPSA) is 84.3 Å². The number of H-pyrrole nitrogens is 1. The number of nitrogens with one attached hydrogen (secondary N) is 1. The molecule has 7 nitrogen and oxygen atoms in total. The van der Waals surface area contributed by atoms with Crippen LogP contribution in [-0.4, -0.2) is 45.6 Å². The van der Waals surface area contributed by atoms with Gasteiger partial charge >= 0.3 is 11.8 Å².